The average molecular weight is 348 g/mol. The number of hydrazine groups is 1. The van der Waals surface area contributed by atoms with E-state index in [4.69, 9.17) is 4.74 Å². The highest BCUT2D eigenvalue weighted by Crippen LogP contribution is 2.09. The third kappa shape index (κ3) is 7.11. The van der Waals surface area contributed by atoms with Crippen LogP contribution in [-0.4, -0.2) is 42.8 Å². The van der Waals surface area contributed by atoms with E-state index < -0.39 is 17.7 Å². The lowest BCUT2D eigenvalue weighted by molar-refractivity contribution is -0.123. The SMILES string of the molecule is CC(C)(C)OC(=O)NC(Cc1ccccc1)C(=O)NCC1CCNN1. The van der Waals surface area contributed by atoms with Gasteiger partial charge in [-0.15, -0.1) is 0 Å². The van der Waals surface area contributed by atoms with Crippen LogP contribution in [0.4, 0.5) is 4.79 Å². The predicted molar refractivity (Wildman–Crippen MR) is 95.9 cm³/mol. The molecule has 2 unspecified atom stereocenters. The highest BCUT2D eigenvalue weighted by molar-refractivity contribution is 5.86. The maximum Gasteiger partial charge on any atom is 0.408 e. The topological polar surface area (TPSA) is 91.5 Å². The first-order chi connectivity index (χ1) is 11.8. The third-order valence-corrected chi connectivity index (χ3v) is 3.74. The molecule has 2 amide bonds. The van der Waals surface area contributed by atoms with Gasteiger partial charge < -0.3 is 15.4 Å². The van der Waals surface area contributed by atoms with Gasteiger partial charge in [0.05, 0.1) is 0 Å². The highest BCUT2D eigenvalue weighted by Gasteiger charge is 2.25. The number of rotatable bonds is 6. The van der Waals surface area contributed by atoms with Crippen LogP contribution < -0.4 is 21.5 Å². The molecule has 1 aromatic rings. The summed E-state index contributed by atoms with van der Waals surface area (Å²) in [7, 11) is 0. The van der Waals surface area contributed by atoms with Crippen molar-refractivity contribution in [3.8, 4) is 0 Å². The van der Waals surface area contributed by atoms with Gasteiger partial charge in [-0.25, -0.2) is 4.79 Å². The maximum atomic E-state index is 12.6. The zero-order chi connectivity index (χ0) is 18.3. The first-order valence-electron chi connectivity index (χ1n) is 8.63. The number of benzene rings is 1. The lowest BCUT2D eigenvalue weighted by Gasteiger charge is -2.24. The summed E-state index contributed by atoms with van der Waals surface area (Å²) in [5.74, 6) is -0.219. The molecule has 0 bridgehead atoms. The summed E-state index contributed by atoms with van der Waals surface area (Å²) in [6.07, 6.45) is 0.759. The number of amides is 2. The molecule has 0 aromatic heterocycles. The van der Waals surface area contributed by atoms with Gasteiger partial charge in [-0.2, -0.15) is 0 Å². The van der Waals surface area contributed by atoms with Crippen LogP contribution in [0.2, 0.25) is 0 Å². The second-order valence-electron chi connectivity index (χ2n) is 7.19. The number of hydrogen-bond acceptors (Lipinski definition) is 5. The molecule has 2 rings (SSSR count). The Labute approximate surface area is 148 Å². The van der Waals surface area contributed by atoms with Crippen molar-refractivity contribution in [2.24, 2.45) is 0 Å². The summed E-state index contributed by atoms with van der Waals surface area (Å²) in [5.41, 5.74) is 6.49. The van der Waals surface area contributed by atoms with Crippen molar-refractivity contribution >= 4 is 12.0 Å². The van der Waals surface area contributed by atoms with Gasteiger partial charge in [-0.3, -0.25) is 15.6 Å². The van der Waals surface area contributed by atoms with E-state index in [1.54, 1.807) is 20.8 Å². The van der Waals surface area contributed by atoms with Gasteiger partial charge in [0.25, 0.3) is 0 Å². The van der Waals surface area contributed by atoms with Crippen LogP contribution in [0.15, 0.2) is 30.3 Å². The molecule has 25 heavy (non-hydrogen) atoms. The first kappa shape index (κ1) is 19.2. The normalized spacial score (nSPS) is 18.4. The van der Waals surface area contributed by atoms with Gasteiger partial charge in [0, 0.05) is 25.6 Å². The molecule has 0 radical (unpaired) electrons. The molecule has 0 saturated carbocycles. The van der Waals surface area contributed by atoms with Crippen LogP contribution >= 0.6 is 0 Å². The minimum atomic E-state index is -0.688. The van der Waals surface area contributed by atoms with E-state index in [2.05, 4.69) is 21.5 Å². The van der Waals surface area contributed by atoms with Crippen LogP contribution in [0.1, 0.15) is 32.8 Å². The lowest BCUT2D eigenvalue weighted by atomic mass is 10.1. The predicted octanol–water partition coefficient (Wildman–Crippen LogP) is 1.11. The largest absolute Gasteiger partial charge is 0.444 e. The quantitative estimate of drug-likeness (QED) is 0.618. The van der Waals surface area contributed by atoms with Crippen LogP contribution in [0.5, 0.6) is 0 Å². The Balaban J connectivity index is 1.97. The van der Waals surface area contributed by atoms with Gasteiger partial charge in [0.2, 0.25) is 5.91 Å². The molecule has 1 heterocycles. The number of nitrogens with one attached hydrogen (secondary N) is 4. The summed E-state index contributed by atoms with van der Waals surface area (Å²) in [6.45, 7) is 6.75. The molecule has 1 aliphatic heterocycles. The monoisotopic (exact) mass is 348 g/mol. The van der Waals surface area contributed by atoms with Crippen LogP contribution in [0.3, 0.4) is 0 Å². The van der Waals surface area contributed by atoms with Crippen LogP contribution in [0.25, 0.3) is 0 Å². The van der Waals surface area contributed by atoms with Crippen molar-refractivity contribution in [1.82, 2.24) is 21.5 Å². The Morgan fingerprint density at radius 2 is 2.00 bits per heavy atom. The molecule has 2 atom stereocenters. The summed E-state index contributed by atoms with van der Waals surface area (Å²) in [4.78, 5) is 24.7. The average Bonchev–Trinajstić information content (AvgIpc) is 3.04. The zero-order valence-electron chi connectivity index (χ0n) is 15.1. The van der Waals surface area contributed by atoms with E-state index in [9.17, 15) is 9.59 Å². The van der Waals surface area contributed by atoms with Gasteiger partial charge in [0.15, 0.2) is 0 Å². The van der Waals surface area contributed by atoms with Crippen molar-refractivity contribution in [2.75, 3.05) is 13.1 Å². The van der Waals surface area contributed by atoms with E-state index >= 15 is 0 Å². The van der Waals surface area contributed by atoms with Gasteiger partial charge in [-0.1, -0.05) is 30.3 Å². The fourth-order valence-electron chi connectivity index (χ4n) is 2.54. The summed E-state index contributed by atoms with van der Waals surface area (Å²) >= 11 is 0. The van der Waals surface area contributed by atoms with Gasteiger partial charge >= 0.3 is 6.09 Å². The molecule has 138 valence electrons. The van der Waals surface area contributed by atoms with E-state index in [0.717, 1.165) is 18.5 Å². The first-order valence-corrected chi connectivity index (χ1v) is 8.63. The van der Waals surface area contributed by atoms with Crippen molar-refractivity contribution in [2.45, 2.75) is 51.3 Å². The Bertz CT molecular complexity index is 565. The summed E-state index contributed by atoms with van der Waals surface area (Å²) in [5, 5.41) is 5.59. The standard InChI is InChI=1S/C18H28N4O3/c1-18(2,3)25-17(24)21-15(11-13-7-5-4-6-8-13)16(23)19-12-14-9-10-20-22-14/h4-8,14-15,20,22H,9-12H2,1-3H3,(H,19,23)(H,21,24). The molecule has 4 N–H and O–H groups in total. The molecule has 7 heteroatoms. The van der Waals surface area contributed by atoms with Crippen LogP contribution in [-0.2, 0) is 16.0 Å². The van der Waals surface area contributed by atoms with E-state index in [0.29, 0.717) is 13.0 Å². The number of hydrogen-bond donors (Lipinski definition) is 4. The smallest absolute Gasteiger partial charge is 0.408 e. The van der Waals surface area contributed by atoms with Crippen molar-refractivity contribution in [3.63, 3.8) is 0 Å². The fourth-order valence-corrected chi connectivity index (χ4v) is 2.54. The minimum absolute atomic E-state index is 0.197. The highest BCUT2D eigenvalue weighted by atomic mass is 16.6. The maximum absolute atomic E-state index is 12.6. The summed E-state index contributed by atoms with van der Waals surface area (Å²) in [6, 6.07) is 9.10. The lowest BCUT2D eigenvalue weighted by Crippen LogP contribution is -2.51. The molecule has 1 saturated heterocycles. The van der Waals surface area contributed by atoms with Crippen LogP contribution in [0, 0.1) is 0 Å². The molecule has 1 fully saturated rings. The number of carbonyl (C=O) groups is 2. The molecule has 0 aliphatic carbocycles. The van der Waals surface area contributed by atoms with Gasteiger partial charge in [-0.05, 0) is 32.8 Å². The Morgan fingerprint density at radius 1 is 1.28 bits per heavy atom. The van der Waals surface area contributed by atoms with Crippen molar-refractivity contribution < 1.29 is 14.3 Å². The minimum Gasteiger partial charge on any atom is -0.444 e. The third-order valence-electron chi connectivity index (χ3n) is 3.74. The van der Waals surface area contributed by atoms with Crippen molar-refractivity contribution in [3.05, 3.63) is 35.9 Å². The summed E-state index contributed by atoms with van der Waals surface area (Å²) < 4.78 is 5.28. The molecule has 1 aliphatic rings. The Kier molecular flexibility index (Phi) is 6.78. The molecule has 1 aromatic carbocycles. The zero-order valence-corrected chi connectivity index (χ0v) is 15.1. The Hall–Kier alpha value is -2.12. The van der Waals surface area contributed by atoms with Crippen molar-refractivity contribution in [1.29, 1.82) is 0 Å². The molecular weight excluding hydrogens is 320 g/mol. The number of ether oxygens (including phenoxy) is 1. The van der Waals surface area contributed by atoms with E-state index in [1.165, 1.54) is 0 Å². The Morgan fingerprint density at radius 3 is 2.60 bits per heavy atom. The molecule has 0 spiro atoms. The van der Waals surface area contributed by atoms with E-state index in [-0.39, 0.29) is 11.9 Å². The second kappa shape index (κ2) is 8.82. The van der Waals surface area contributed by atoms with E-state index in [1.807, 2.05) is 30.3 Å². The molecule has 7 nitrogen and oxygen atoms in total. The fraction of sp³-hybridized carbons (Fsp3) is 0.556. The number of carbonyl (C=O) groups excluding carboxylic acids is 2. The number of alkyl carbamates (subject to hydrolysis) is 1. The van der Waals surface area contributed by atoms with Gasteiger partial charge in [0.1, 0.15) is 11.6 Å². The second-order valence-corrected chi connectivity index (χ2v) is 7.19. The molecular formula is C18H28N4O3.